The fourth-order valence-corrected chi connectivity index (χ4v) is 1.69. The summed E-state index contributed by atoms with van der Waals surface area (Å²) in [5.74, 6) is 0. The highest BCUT2D eigenvalue weighted by atomic mass is 15.3. The Morgan fingerprint density at radius 3 is 2.50 bits per heavy atom. The van der Waals surface area contributed by atoms with E-state index in [0.717, 1.165) is 13.0 Å². The molecule has 16 heavy (non-hydrogen) atoms. The van der Waals surface area contributed by atoms with Crippen molar-refractivity contribution >= 4 is 0 Å². The Bertz CT molecular complexity index is 320. The first-order valence-electron chi connectivity index (χ1n) is 6.12. The maximum Gasteiger partial charge on any atom is 0.0524 e. The van der Waals surface area contributed by atoms with Crippen molar-refractivity contribution in [1.29, 1.82) is 0 Å². The monoisotopic (exact) mass is 223 g/mol. The zero-order valence-electron chi connectivity index (χ0n) is 11.3. The summed E-state index contributed by atoms with van der Waals surface area (Å²) in [4.78, 5) is 0. The lowest BCUT2D eigenvalue weighted by molar-refractivity contribution is 0.419. The predicted octanol–water partition coefficient (Wildman–Crippen LogP) is 2.44. The van der Waals surface area contributed by atoms with E-state index in [1.807, 2.05) is 17.9 Å². The Labute approximate surface area is 99.2 Å². The fraction of sp³-hybridized carbons (Fsp3) is 0.769. The first kappa shape index (κ1) is 13.2. The van der Waals surface area contributed by atoms with Gasteiger partial charge in [0.2, 0.25) is 0 Å². The molecule has 0 aliphatic carbocycles. The molecule has 3 nitrogen and oxygen atoms in total. The first-order chi connectivity index (χ1) is 7.40. The lowest BCUT2D eigenvalue weighted by Crippen LogP contribution is -2.36. The molecule has 92 valence electrons. The van der Waals surface area contributed by atoms with Crippen molar-refractivity contribution in [3.63, 3.8) is 0 Å². The second kappa shape index (κ2) is 5.48. The fourth-order valence-electron chi connectivity index (χ4n) is 1.69. The Balaban J connectivity index is 2.19. The number of aryl methyl sites for hydroxylation is 2. The third kappa shape index (κ3) is 4.35. The molecule has 0 radical (unpaired) electrons. The van der Waals surface area contributed by atoms with Gasteiger partial charge in [-0.3, -0.25) is 4.68 Å². The Kier molecular flexibility index (Phi) is 4.54. The normalized spacial score (nSPS) is 12.1. The summed E-state index contributed by atoms with van der Waals surface area (Å²) in [5, 5.41) is 7.76. The highest BCUT2D eigenvalue weighted by Gasteiger charge is 2.07. The molecule has 1 aromatic rings. The minimum absolute atomic E-state index is 0.240. The number of hydrogen-bond donors (Lipinski definition) is 1. The molecule has 0 unspecified atom stereocenters. The second-order valence-electron chi connectivity index (χ2n) is 5.51. The van der Waals surface area contributed by atoms with E-state index in [-0.39, 0.29) is 5.54 Å². The average Bonchev–Trinajstić information content (AvgIpc) is 2.47. The summed E-state index contributed by atoms with van der Waals surface area (Å²) in [5.41, 5.74) is 2.92. The quantitative estimate of drug-likeness (QED) is 0.777. The average molecular weight is 223 g/mol. The van der Waals surface area contributed by atoms with Gasteiger partial charge >= 0.3 is 0 Å². The standard InChI is InChI=1S/C13H25N3/c1-11-12(10-15-16(11)5)8-6-7-9-14-13(2,3)4/h10,14H,6-9H2,1-5H3. The van der Waals surface area contributed by atoms with Gasteiger partial charge in [-0.25, -0.2) is 0 Å². The van der Waals surface area contributed by atoms with E-state index in [1.54, 1.807) is 0 Å². The number of unbranched alkanes of at least 4 members (excludes halogenated alkanes) is 1. The van der Waals surface area contributed by atoms with Gasteiger partial charge in [0.1, 0.15) is 0 Å². The summed E-state index contributed by atoms with van der Waals surface area (Å²) in [6.07, 6.45) is 5.60. The first-order valence-corrected chi connectivity index (χ1v) is 6.12. The molecule has 1 rings (SSSR count). The number of nitrogens with zero attached hydrogens (tertiary/aromatic N) is 2. The van der Waals surface area contributed by atoms with Crippen molar-refractivity contribution in [1.82, 2.24) is 15.1 Å². The maximum absolute atomic E-state index is 4.26. The number of rotatable bonds is 5. The Morgan fingerprint density at radius 2 is 2.00 bits per heavy atom. The summed E-state index contributed by atoms with van der Waals surface area (Å²) in [7, 11) is 2.00. The maximum atomic E-state index is 4.26. The van der Waals surface area contributed by atoms with Crippen LogP contribution in [-0.4, -0.2) is 21.9 Å². The molecule has 0 saturated heterocycles. The minimum atomic E-state index is 0.240. The van der Waals surface area contributed by atoms with E-state index in [9.17, 15) is 0 Å². The van der Waals surface area contributed by atoms with Crippen molar-refractivity contribution < 1.29 is 0 Å². The van der Waals surface area contributed by atoms with Crippen LogP contribution in [-0.2, 0) is 13.5 Å². The molecule has 0 amide bonds. The molecule has 3 heteroatoms. The molecule has 0 aliphatic rings. The second-order valence-corrected chi connectivity index (χ2v) is 5.51. The third-order valence-electron chi connectivity index (χ3n) is 2.87. The van der Waals surface area contributed by atoms with Gasteiger partial charge in [-0.2, -0.15) is 5.10 Å². The molecule has 0 saturated carbocycles. The summed E-state index contributed by atoms with van der Waals surface area (Å²) in [6.45, 7) is 9.85. The molecule has 1 aromatic heterocycles. The van der Waals surface area contributed by atoms with Crippen LogP contribution in [0.1, 0.15) is 44.9 Å². The number of aromatic nitrogens is 2. The lowest BCUT2D eigenvalue weighted by atomic mass is 10.1. The largest absolute Gasteiger partial charge is 0.312 e. The smallest absolute Gasteiger partial charge is 0.0524 e. The SMILES string of the molecule is Cc1c(CCCCNC(C)(C)C)cnn1C. The van der Waals surface area contributed by atoms with Gasteiger partial charge in [0, 0.05) is 18.3 Å². The van der Waals surface area contributed by atoms with Crippen molar-refractivity contribution in [2.75, 3.05) is 6.54 Å². The zero-order valence-corrected chi connectivity index (χ0v) is 11.3. The van der Waals surface area contributed by atoms with Crippen molar-refractivity contribution in [2.24, 2.45) is 7.05 Å². The van der Waals surface area contributed by atoms with Crippen LogP contribution < -0.4 is 5.32 Å². The lowest BCUT2D eigenvalue weighted by Gasteiger charge is -2.20. The molecular weight excluding hydrogens is 198 g/mol. The molecule has 0 atom stereocenters. The van der Waals surface area contributed by atoms with Crippen LogP contribution >= 0.6 is 0 Å². The minimum Gasteiger partial charge on any atom is -0.312 e. The van der Waals surface area contributed by atoms with E-state index >= 15 is 0 Å². The van der Waals surface area contributed by atoms with E-state index in [4.69, 9.17) is 0 Å². The van der Waals surface area contributed by atoms with E-state index in [2.05, 4.69) is 38.1 Å². The van der Waals surface area contributed by atoms with Crippen LogP contribution in [0.15, 0.2) is 6.20 Å². The summed E-state index contributed by atoms with van der Waals surface area (Å²) >= 11 is 0. The third-order valence-corrected chi connectivity index (χ3v) is 2.87. The molecule has 1 heterocycles. The van der Waals surface area contributed by atoms with Crippen LogP contribution in [0.5, 0.6) is 0 Å². The van der Waals surface area contributed by atoms with Crippen LogP contribution in [0.25, 0.3) is 0 Å². The Hall–Kier alpha value is -0.830. The highest BCUT2D eigenvalue weighted by molar-refractivity contribution is 5.15. The van der Waals surface area contributed by atoms with E-state index in [0.29, 0.717) is 0 Å². The van der Waals surface area contributed by atoms with Gasteiger partial charge in [0.05, 0.1) is 6.20 Å². The molecule has 0 spiro atoms. The van der Waals surface area contributed by atoms with Crippen LogP contribution in [0.3, 0.4) is 0 Å². The van der Waals surface area contributed by atoms with Gasteiger partial charge in [-0.15, -0.1) is 0 Å². The van der Waals surface area contributed by atoms with Gasteiger partial charge < -0.3 is 5.32 Å². The van der Waals surface area contributed by atoms with Gasteiger partial charge in [0.15, 0.2) is 0 Å². The molecule has 1 N–H and O–H groups in total. The molecule has 0 aliphatic heterocycles. The van der Waals surface area contributed by atoms with Crippen LogP contribution in [0.2, 0.25) is 0 Å². The number of nitrogens with one attached hydrogen (secondary N) is 1. The van der Waals surface area contributed by atoms with Crippen molar-refractivity contribution in [3.05, 3.63) is 17.5 Å². The summed E-state index contributed by atoms with van der Waals surface area (Å²) in [6, 6.07) is 0. The zero-order chi connectivity index (χ0) is 12.2. The van der Waals surface area contributed by atoms with E-state index < -0.39 is 0 Å². The van der Waals surface area contributed by atoms with Crippen LogP contribution in [0.4, 0.5) is 0 Å². The molecular formula is C13H25N3. The predicted molar refractivity (Wildman–Crippen MR) is 68.6 cm³/mol. The summed E-state index contributed by atoms with van der Waals surface area (Å²) < 4.78 is 1.95. The molecule has 0 aromatic carbocycles. The van der Waals surface area contributed by atoms with Gasteiger partial charge in [-0.05, 0) is 59.1 Å². The molecule has 0 bridgehead atoms. The highest BCUT2D eigenvalue weighted by Crippen LogP contribution is 2.09. The Morgan fingerprint density at radius 1 is 1.31 bits per heavy atom. The van der Waals surface area contributed by atoms with Crippen molar-refractivity contribution in [2.45, 2.75) is 52.5 Å². The van der Waals surface area contributed by atoms with Gasteiger partial charge in [-0.1, -0.05) is 0 Å². The van der Waals surface area contributed by atoms with Gasteiger partial charge in [0.25, 0.3) is 0 Å². The molecule has 0 fully saturated rings. The number of hydrogen-bond acceptors (Lipinski definition) is 2. The van der Waals surface area contributed by atoms with Crippen molar-refractivity contribution in [3.8, 4) is 0 Å². The van der Waals surface area contributed by atoms with E-state index in [1.165, 1.54) is 24.1 Å². The topological polar surface area (TPSA) is 29.9 Å². The van der Waals surface area contributed by atoms with Crippen LogP contribution in [0, 0.1) is 6.92 Å².